The Labute approximate surface area is 147 Å². The number of nitrogens with zero attached hydrogens (tertiary/aromatic N) is 2. The van der Waals surface area contributed by atoms with E-state index >= 15 is 0 Å². The monoisotopic (exact) mass is 341 g/mol. The first-order valence-corrected chi connectivity index (χ1v) is 8.26. The normalized spacial score (nSPS) is 10.9. The topological polar surface area (TPSA) is 73.2 Å². The highest BCUT2D eigenvalue weighted by molar-refractivity contribution is 6.02. The number of aryl methyl sites for hydroxylation is 2. The molecule has 25 heavy (non-hydrogen) atoms. The molecule has 2 aromatic rings. The molecule has 0 unspecified atom stereocenters. The van der Waals surface area contributed by atoms with Crippen LogP contribution in [-0.4, -0.2) is 28.3 Å². The van der Waals surface area contributed by atoms with E-state index in [0.29, 0.717) is 17.9 Å². The quantitative estimate of drug-likeness (QED) is 0.646. The number of aromatic nitrogens is 2. The highest BCUT2D eigenvalue weighted by Crippen LogP contribution is 2.15. The van der Waals surface area contributed by atoms with Gasteiger partial charge in [-0.2, -0.15) is 5.10 Å². The van der Waals surface area contributed by atoms with Gasteiger partial charge in [0.15, 0.2) is 0 Å². The van der Waals surface area contributed by atoms with Crippen LogP contribution in [0.5, 0.6) is 0 Å². The predicted octanol–water partition coefficient (Wildman–Crippen LogP) is 3.35. The van der Waals surface area contributed by atoms with Crippen LogP contribution in [0.1, 0.15) is 41.2 Å². The van der Waals surface area contributed by atoms with Crippen LogP contribution in [0.3, 0.4) is 0 Å². The van der Waals surface area contributed by atoms with Gasteiger partial charge in [-0.15, -0.1) is 0 Å². The van der Waals surface area contributed by atoms with Gasteiger partial charge in [-0.05, 0) is 58.0 Å². The van der Waals surface area contributed by atoms with E-state index in [1.54, 1.807) is 37.3 Å². The van der Waals surface area contributed by atoms with E-state index in [1.807, 2.05) is 25.5 Å². The van der Waals surface area contributed by atoms with Gasteiger partial charge < -0.3 is 10.1 Å². The van der Waals surface area contributed by atoms with Gasteiger partial charge in [-0.1, -0.05) is 0 Å². The Balaban J connectivity index is 2.03. The summed E-state index contributed by atoms with van der Waals surface area (Å²) in [5.74, 6) is -0.619. The molecule has 0 radical (unpaired) electrons. The van der Waals surface area contributed by atoms with Gasteiger partial charge in [-0.3, -0.25) is 9.48 Å². The second kappa shape index (κ2) is 8.28. The lowest BCUT2D eigenvalue weighted by Gasteiger charge is -2.04. The zero-order valence-electron chi connectivity index (χ0n) is 15.0. The van der Waals surface area contributed by atoms with Crippen LogP contribution < -0.4 is 5.32 Å². The molecule has 0 aliphatic heterocycles. The highest BCUT2D eigenvalue weighted by Gasteiger charge is 2.09. The Hall–Kier alpha value is -2.89. The van der Waals surface area contributed by atoms with Gasteiger partial charge >= 0.3 is 5.97 Å². The first kappa shape index (κ1) is 18.4. The van der Waals surface area contributed by atoms with Gasteiger partial charge in [0, 0.05) is 29.6 Å². The standard InChI is InChI=1S/C19H23N3O3/c1-5-22-14(4)17(13(3)21-22)11-12-18(23)20-16-9-7-15(8-10-16)19(24)25-6-2/h7-12H,5-6H2,1-4H3,(H,20,23)/b12-11+. The van der Waals surface area contributed by atoms with E-state index in [2.05, 4.69) is 10.4 Å². The fraction of sp³-hybridized carbons (Fsp3) is 0.316. The maximum Gasteiger partial charge on any atom is 0.338 e. The molecule has 6 nitrogen and oxygen atoms in total. The van der Waals surface area contributed by atoms with E-state index < -0.39 is 0 Å². The van der Waals surface area contributed by atoms with E-state index in [-0.39, 0.29) is 11.9 Å². The minimum Gasteiger partial charge on any atom is -0.462 e. The van der Waals surface area contributed by atoms with E-state index in [4.69, 9.17) is 4.74 Å². The molecule has 2 rings (SSSR count). The molecule has 0 fully saturated rings. The summed E-state index contributed by atoms with van der Waals surface area (Å²) in [6.45, 7) is 8.81. The largest absolute Gasteiger partial charge is 0.462 e. The summed E-state index contributed by atoms with van der Waals surface area (Å²) in [5.41, 5.74) is 3.94. The number of nitrogens with one attached hydrogen (secondary N) is 1. The zero-order valence-corrected chi connectivity index (χ0v) is 15.0. The molecule has 0 saturated carbocycles. The number of rotatable bonds is 6. The number of hydrogen-bond donors (Lipinski definition) is 1. The lowest BCUT2D eigenvalue weighted by atomic mass is 10.2. The molecule has 6 heteroatoms. The lowest BCUT2D eigenvalue weighted by Crippen LogP contribution is -2.09. The van der Waals surface area contributed by atoms with Crippen molar-refractivity contribution in [1.29, 1.82) is 0 Å². The van der Waals surface area contributed by atoms with Gasteiger partial charge in [0.25, 0.3) is 0 Å². The Kier molecular flexibility index (Phi) is 6.11. The maximum atomic E-state index is 12.1. The van der Waals surface area contributed by atoms with Crippen LogP contribution in [0.15, 0.2) is 30.3 Å². The first-order valence-electron chi connectivity index (χ1n) is 8.26. The summed E-state index contributed by atoms with van der Waals surface area (Å²) < 4.78 is 6.83. The number of carbonyl (C=O) groups excluding carboxylic acids is 2. The molecule has 0 aliphatic rings. The molecule has 0 saturated heterocycles. The maximum absolute atomic E-state index is 12.1. The van der Waals surface area contributed by atoms with Gasteiger partial charge in [-0.25, -0.2) is 4.79 Å². The van der Waals surface area contributed by atoms with Crippen LogP contribution in [0.4, 0.5) is 5.69 Å². The lowest BCUT2D eigenvalue weighted by molar-refractivity contribution is -0.111. The van der Waals surface area contributed by atoms with E-state index in [1.165, 1.54) is 6.08 Å². The average Bonchev–Trinajstić information content (AvgIpc) is 2.87. The van der Waals surface area contributed by atoms with Crippen LogP contribution in [0, 0.1) is 13.8 Å². The Morgan fingerprint density at radius 3 is 2.44 bits per heavy atom. The number of benzene rings is 1. The van der Waals surface area contributed by atoms with Crippen molar-refractivity contribution in [3.63, 3.8) is 0 Å². The van der Waals surface area contributed by atoms with Crippen molar-refractivity contribution in [1.82, 2.24) is 9.78 Å². The minimum absolute atomic E-state index is 0.244. The molecule has 1 heterocycles. The van der Waals surface area contributed by atoms with Crippen molar-refractivity contribution in [2.24, 2.45) is 0 Å². The van der Waals surface area contributed by atoms with E-state index in [0.717, 1.165) is 23.5 Å². The summed E-state index contributed by atoms with van der Waals surface area (Å²) in [7, 11) is 0. The molecular weight excluding hydrogens is 318 g/mol. The molecule has 1 aromatic carbocycles. The summed E-state index contributed by atoms with van der Waals surface area (Å²) in [4.78, 5) is 23.7. The second-order valence-electron chi connectivity index (χ2n) is 5.52. The number of carbonyl (C=O) groups is 2. The summed E-state index contributed by atoms with van der Waals surface area (Å²) in [6.07, 6.45) is 3.25. The fourth-order valence-corrected chi connectivity index (χ4v) is 2.51. The third kappa shape index (κ3) is 4.56. The summed E-state index contributed by atoms with van der Waals surface area (Å²) in [6, 6.07) is 6.58. The molecular formula is C19H23N3O3. The van der Waals surface area contributed by atoms with Crippen LogP contribution in [0.25, 0.3) is 6.08 Å². The number of ether oxygens (including phenoxy) is 1. The molecule has 0 bridgehead atoms. The molecule has 1 aromatic heterocycles. The third-order valence-electron chi connectivity index (χ3n) is 3.80. The number of esters is 1. The van der Waals surface area contributed by atoms with Gasteiger partial charge in [0.05, 0.1) is 17.9 Å². The van der Waals surface area contributed by atoms with Crippen molar-refractivity contribution in [2.75, 3.05) is 11.9 Å². The molecule has 0 atom stereocenters. The fourth-order valence-electron chi connectivity index (χ4n) is 2.51. The van der Waals surface area contributed by atoms with E-state index in [9.17, 15) is 9.59 Å². The predicted molar refractivity (Wildman–Crippen MR) is 97.4 cm³/mol. The van der Waals surface area contributed by atoms with Crippen molar-refractivity contribution < 1.29 is 14.3 Å². The van der Waals surface area contributed by atoms with Crippen LogP contribution >= 0.6 is 0 Å². The van der Waals surface area contributed by atoms with Crippen LogP contribution in [0.2, 0.25) is 0 Å². The Bertz CT molecular complexity index is 789. The van der Waals surface area contributed by atoms with Crippen molar-refractivity contribution >= 4 is 23.6 Å². The Morgan fingerprint density at radius 2 is 1.88 bits per heavy atom. The number of anilines is 1. The SMILES string of the molecule is CCOC(=O)c1ccc(NC(=O)/C=C/c2c(C)nn(CC)c2C)cc1. The molecule has 1 amide bonds. The Morgan fingerprint density at radius 1 is 1.20 bits per heavy atom. The second-order valence-corrected chi connectivity index (χ2v) is 5.52. The molecule has 0 aliphatic carbocycles. The highest BCUT2D eigenvalue weighted by atomic mass is 16.5. The first-order chi connectivity index (χ1) is 12.0. The molecule has 1 N–H and O–H groups in total. The van der Waals surface area contributed by atoms with Gasteiger partial charge in [0.2, 0.25) is 5.91 Å². The summed E-state index contributed by atoms with van der Waals surface area (Å²) >= 11 is 0. The zero-order chi connectivity index (χ0) is 18.4. The number of amides is 1. The van der Waals surface area contributed by atoms with Crippen molar-refractivity contribution in [3.05, 3.63) is 52.9 Å². The molecule has 0 spiro atoms. The van der Waals surface area contributed by atoms with Gasteiger partial charge in [0.1, 0.15) is 0 Å². The average molecular weight is 341 g/mol. The number of hydrogen-bond acceptors (Lipinski definition) is 4. The smallest absolute Gasteiger partial charge is 0.338 e. The van der Waals surface area contributed by atoms with Crippen LogP contribution in [-0.2, 0) is 16.1 Å². The van der Waals surface area contributed by atoms with Crippen molar-refractivity contribution in [2.45, 2.75) is 34.2 Å². The van der Waals surface area contributed by atoms with Crippen molar-refractivity contribution in [3.8, 4) is 0 Å². The summed E-state index contributed by atoms with van der Waals surface area (Å²) in [5, 5.41) is 7.19. The minimum atomic E-state index is -0.376. The molecule has 132 valence electrons. The third-order valence-corrected chi connectivity index (χ3v) is 3.80.